The number of hydrogen-bond donors (Lipinski definition) is 2. The summed E-state index contributed by atoms with van der Waals surface area (Å²) >= 11 is 1.64. The molecular formula is C21H27N3O3S. The third kappa shape index (κ3) is 4.89. The van der Waals surface area contributed by atoms with Crippen LogP contribution in [0, 0.1) is 18.3 Å². The zero-order chi connectivity index (χ0) is 20.1. The maximum absolute atomic E-state index is 12.7. The number of aryl methyl sites for hydroxylation is 1. The summed E-state index contributed by atoms with van der Waals surface area (Å²) in [4.78, 5) is 24.5. The van der Waals surface area contributed by atoms with Gasteiger partial charge in [0.1, 0.15) is 17.3 Å². The van der Waals surface area contributed by atoms with Gasteiger partial charge in [-0.15, -0.1) is 24.3 Å². The molecule has 2 atom stereocenters. The van der Waals surface area contributed by atoms with Crippen molar-refractivity contribution in [2.24, 2.45) is 5.92 Å². The van der Waals surface area contributed by atoms with E-state index in [1.54, 1.807) is 17.4 Å². The molecule has 2 N–H and O–H groups in total. The number of hydrogen-bond acceptors (Lipinski definition) is 6. The van der Waals surface area contributed by atoms with Gasteiger partial charge in [0.05, 0.1) is 24.6 Å². The summed E-state index contributed by atoms with van der Waals surface area (Å²) in [5, 5.41) is 10.9. The zero-order valence-electron chi connectivity index (χ0n) is 16.2. The molecule has 0 bridgehead atoms. The second-order valence-electron chi connectivity index (χ2n) is 7.40. The number of ether oxygens (including phenoxy) is 1. The Kier molecular flexibility index (Phi) is 7.03. The molecule has 150 valence electrons. The van der Waals surface area contributed by atoms with Gasteiger partial charge in [-0.25, -0.2) is 4.98 Å². The van der Waals surface area contributed by atoms with Gasteiger partial charge in [0, 0.05) is 18.0 Å². The number of thiophene rings is 1. The van der Waals surface area contributed by atoms with Crippen LogP contribution in [0.5, 0.6) is 0 Å². The second-order valence-corrected chi connectivity index (χ2v) is 8.48. The minimum Gasteiger partial charge on any atom is -0.389 e. The van der Waals surface area contributed by atoms with Gasteiger partial charge in [0.15, 0.2) is 0 Å². The number of terminal acetylenes is 1. The molecule has 6 nitrogen and oxygen atoms in total. The fourth-order valence-corrected chi connectivity index (χ4v) is 5.07. The molecule has 2 aromatic heterocycles. The Morgan fingerprint density at radius 1 is 1.61 bits per heavy atom. The highest BCUT2D eigenvalue weighted by Crippen LogP contribution is 2.35. The molecule has 2 aromatic rings. The highest BCUT2D eigenvalue weighted by Gasteiger charge is 2.23. The molecule has 0 saturated heterocycles. The lowest BCUT2D eigenvalue weighted by atomic mass is 9.89. The van der Waals surface area contributed by atoms with Crippen molar-refractivity contribution < 1.29 is 9.84 Å². The number of aliphatic hydroxyl groups is 1. The average molecular weight is 402 g/mol. The quantitative estimate of drug-likeness (QED) is 0.382. The van der Waals surface area contributed by atoms with Crippen LogP contribution in [-0.2, 0) is 24.1 Å². The van der Waals surface area contributed by atoms with Crippen LogP contribution in [0.1, 0.15) is 29.6 Å². The van der Waals surface area contributed by atoms with Crippen LogP contribution in [0.15, 0.2) is 17.4 Å². The van der Waals surface area contributed by atoms with Crippen molar-refractivity contribution in [1.82, 2.24) is 14.9 Å². The van der Waals surface area contributed by atoms with Crippen molar-refractivity contribution in [3.63, 3.8) is 0 Å². The highest BCUT2D eigenvalue weighted by molar-refractivity contribution is 7.18. The minimum absolute atomic E-state index is 0.0662. The third-order valence-electron chi connectivity index (χ3n) is 4.94. The molecule has 3 rings (SSSR count). The van der Waals surface area contributed by atoms with Gasteiger partial charge in [-0.05, 0) is 30.7 Å². The number of nitrogens with zero attached hydrogens (tertiary/aromatic N) is 2. The standard InChI is InChI=1S/C21H27N3O3S/c1-4-8-24(11-15(25)13-27-9-5-2)12-18-22-20(26)19-16-7-6-14(3)10-17(16)28-21(19)23-18/h2,4,14-15,25H,1,6-13H2,3H3,(H,22,23,26). The monoisotopic (exact) mass is 401 g/mol. The first-order valence-corrected chi connectivity index (χ1v) is 10.4. The third-order valence-corrected chi connectivity index (χ3v) is 6.09. The molecule has 1 aliphatic carbocycles. The number of aliphatic hydroxyl groups excluding tert-OH is 1. The van der Waals surface area contributed by atoms with Gasteiger partial charge in [0.2, 0.25) is 0 Å². The molecule has 28 heavy (non-hydrogen) atoms. The highest BCUT2D eigenvalue weighted by atomic mass is 32.1. The lowest BCUT2D eigenvalue weighted by molar-refractivity contribution is 0.0281. The number of nitrogens with one attached hydrogen (secondary N) is 1. The maximum atomic E-state index is 12.7. The van der Waals surface area contributed by atoms with E-state index in [0.717, 1.165) is 29.5 Å². The van der Waals surface area contributed by atoms with Crippen molar-refractivity contribution in [1.29, 1.82) is 0 Å². The van der Waals surface area contributed by atoms with E-state index in [1.165, 1.54) is 10.4 Å². The molecule has 0 fully saturated rings. The Bertz CT molecular complexity index is 927. The SMILES string of the molecule is C#CCOCC(O)CN(CC=C)Cc1nc2sc3c(c2c(=O)[nH]1)CCC(C)C3. The molecule has 0 aromatic carbocycles. The summed E-state index contributed by atoms with van der Waals surface area (Å²) in [6, 6.07) is 0. The van der Waals surface area contributed by atoms with E-state index in [0.29, 0.717) is 31.4 Å². The predicted molar refractivity (Wildman–Crippen MR) is 113 cm³/mol. The molecule has 2 heterocycles. The first kappa shape index (κ1) is 20.7. The lowest BCUT2D eigenvalue weighted by Gasteiger charge is -2.23. The zero-order valence-corrected chi connectivity index (χ0v) is 17.1. The molecule has 0 spiro atoms. The van der Waals surface area contributed by atoms with Gasteiger partial charge in [-0.3, -0.25) is 9.69 Å². The summed E-state index contributed by atoms with van der Waals surface area (Å²) in [6.07, 6.45) is 9.32. The predicted octanol–water partition coefficient (Wildman–Crippen LogP) is 2.11. The van der Waals surface area contributed by atoms with E-state index in [2.05, 4.69) is 24.4 Å². The normalized spacial score (nSPS) is 17.4. The van der Waals surface area contributed by atoms with E-state index in [9.17, 15) is 9.90 Å². The van der Waals surface area contributed by atoms with E-state index in [1.807, 2.05) is 4.90 Å². The Morgan fingerprint density at radius 2 is 2.43 bits per heavy atom. The van der Waals surface area contributed by atoms with Gasteiger partial charge < -0.3 is 14.8 Å². The minimum atomic E-state index is -0.681. The lowest BCUT2D eigenvalue weighted by Crippen LogP contribution is -2.35. The van der Waals surface area contributed by atoms with Crippen molar-refractivity contribution in [2.75, 3.05) is 26.3 Å². The molecule has 1 aliphatic rings. The van der Waals surface area contributed by atoms with Crippen molar-refractivity contribution in [3.8, 4) is 12.3 Å². The number of aromatic amines is 1. The average Bonchev–Trinajstić information content (AvgIpc) is 2.99. The molecule has 0 saturated carbocycles. The van der Waals surface area contributed by atoms with Crippen LogP contribution >= 0.6 is 11.3 Å². The number of H-pyrrole nitrogens is 1. The Morgan fingerprint density at radius 3 is 3.18 bits per heavy atom. The van der Waals surface area contributed by atoms with E-state index >= 15 is 0 Å². The molecule has 0 aliphatic heterocycles. The van der Waals surface area contributed by atoms with Crippen LogP contribution in [0.4, 0.5) is 0 Å². The summed E-state index contributed by atoms with van der Waals surface area (Å²) in [7, 11) is 0. The fourth-order valence-electron chi connectivity index (χ4n) is 3.67. The van der Waals surface area contributed by atoms with Gasteiger partial charge in [-0.2, -0.15) is 0 Å². The van der Waals surface area contributed by atoms with Gasteiger partial charge in [0.25, 0.3) is 5.56 Å². The van der Waals surface area contributed by atoms with Gasteiger partial charge in [-0.1, -0.05) is 18.9 Å². The molecule has 7 heteroatoms. The summed E-state index contributed by atoms with van der Waals surface area (Å²) in [5.74, 6) is 3.63. The van der Waals surface area contributed by atoms with Crippen molar-refractivity contribution >= 4 is 21.6 Å². The molecular weight excluding hydrogens is 374 g/mol. The summed E-state index contributed by atoms with van der Waals surface area (Å²) in [5.41, 5.74) is 1.12. The number of rotatable bonds is 9. The van der Waals surface area contributed by atoms with Crippen LogP contribution < -0.4 is 5.56 Å². The van der Waals surface area contributed by atoms with Gasteiger partial charge >= 0.3 is 0 Å². The molecule has 0 amide bonds. The molecule has 0 radical (unpaired) electrons. The Balaban J connectivity index is 1.77. The van der Waals surface area contributed by atoms with Crippen LogP contribution in [0.2, 0.25) is 0 Å². The maximum Gasteiger partial charge on any atom is 0.259 e. The van der Waals surface area contributed by atoms with E-state index < -0.39 is 6.10 Å². The fraction of sp³-hybridized carbons (Fsp3) is 0.524. The van der Waals surface area contributed by atoms with Crippen LogP contribution in [0.3, 0.4) is 0 Å². The van der Waals surface area contributed by atoms with E-state index in [4.69, 9.17) is 16.1 Å². The number of aromatic nitrogens is 2. The summed E-state index contributed by atoms with van der Waals surface area (Å²) in [6.45, 7) is 7.71. The second kappa shape index (κ2) is 9.48. The first-order valence-electron chi connectivity index (χ1n) is 9.57. The molecule has 2 unspecified atom stereocenters. The van der Waals surface area contributed by atoms with E-state index in [-0.39, 0.29) is 18.8 Å². The van der Waals surface area contributed by atoms with Crippen LogP contribution in [-0.4, -0.2) is 52.4 Å². The van der Waals surface area contributed by atoms with Crippen molar-refractivity contribution in [3.05, 3.63) is 39.3 Å². The Hall–Kier alpha value is -1.98. The van der Waals surface area contributed by atoms with Crippen LogP contribution in [0.25, 0.3) is 10.2 Å². The first-order chi connectivity index (χ1) is 13.5. The largest absolute Gasteiger partial charge is 0.389 e. The number of fused-ring (bicyclic) bond motifs is 3. The smallest absolute Gasteiger partial charge is 0.259 e. The van der Waals surface area contributed by atoms with Crippen molar-refractivity contribution in [2.45, 2.75) is 38.8 Å². The Labute approximate surface area is 169 Å². The summed E-state index contributed by atoms with van der Waals surface area (Å²) < 4.78 is 5.20. The topological polar surface area (TPSA) is 78.5 Å².